The van der Waals surface area contributed by atoms with Crippen LogP contribution in [0.4, 0.5) is 10.5 Å². The molecule has 0 aliphatic carbocycles. The molecule has 0 atom stereocenters. The largest absolute Gasteiger partial charge is 0.444 e. The van der Waals surface area contributed by atoms with Crippen molar-refractivity contribution in [3.05, 3.63) is 21.9 Å². The van der Waals surface area contributed by atoms with E-state index in [0.717, 1.165) is 10.2 Å². The van der Waals surface area contributed by atoms with Gasteiger partial charge >= 0.3 is 6.09 Å². The zero-order valence-electron chi connectivity index (χ0n) is 14.5. The molecule has 1 heterocycles. The lowest BCUT2D eigenvalue weighted by Gasteiger charge is -2.37. The van der Waals surface area contributed by atoms with Gasteiger partial charge in [-0.15, -0.1) is 0 Å². The molecule has 0 aromatic carbocycles. The van der Waals surface area contributed by atoms with Crippen LogP contribution in [0.2, 0.25) is 5.15 Å². The third-order valence-corrected chi connectivity index (χ3v) is 3.62. The van der Waals surface area contributed by atoms with Crippen molar-refractivity contribution in [1.29, 1.82) is 0 Å². The van der Waals surface area contributed by atoms with Crippen LogP contribution in [-0.4, -0.2) is 40.2 Å². The zero-order chi connectivity index (χ0) is 17.8. The monoisotopic (exact) mass is 405 g/mol. The number of amides is 1. The van der Waals surface area contributed by atoms with Gasteiger partial charge in [0.25, 0.3) is 0 Å². The molecule has 0 radical (unpaired) electrons. The maximum atomic E-state index is 12.4. The summed E-state index contributed by atoms with van der Waals surface area (Å²) in [6.07, 6.45) is 1.31. The van der Waals surface area contributed by atoms with E-state index in [1.54, 1.807) is 11.1 Å². The minimum absolute atomic E-state index is 0.328. The molecule has 7 heteroatoms. The summed E-state index contributed by atoms with van der Waals surface area (Å²) in [6.45, 7) is 12.5. The Hall–Kier alpha value is -1.01. The van der Waals surface area contributed by atoms with E-state index in [-0.39, 0.29) is 11.6 Å². The number of aromatic nitrogens is 1. The van der Waals surface area contributed by atoms with Crippen LogP contribution in [0.25, 0.3) is 0 Å². The van der Waals surface area contributed by atoms with Gasteiger partial charge in [-0.3, -0.25) is 0 Å². The molecule has 0 aliphatic heterocycles. The lowest BCUT2D eigenvalue weighted by molar-refractivity contribution is 0.00749. The molecule has 1 rings (SSSR count). The fourth-order valence-corrected chi connectivity index (χ4v) is 2.37. The number of halogens is 2. The predicted octanol–water partition coefficient (Wildman–Crippen LogP) is 4.95. The predicted molar refractivity (Wildman–Crippen MR) is 98.1 cm³/mol. The van der Waals surface area contributed by atoms with E-state index in [1.165, 1.54) is 0 Å². The third kappa shape index (κ3) is 6.96. The van der Waals surface area contributed by atoms with Crippen LogP contribution in [-0.2, 0) is 4.74 Å². The fourth-order valence-electron chi connectivity index (χ4n) is 1.87. The first kappa shape index (κ1) is 20.0. The normalized spacial score (nSPS) is 12.0. The summed E-state index contributed by atoms with van der Waals surface area (Å²) >= 11 is 9.41. The van der Waals surface area contributed by atoms with Gasteiger partial charge in [0.1, 0.15) is 5.60 Å². The maximum absolute atomic E-state index is 12.4. The lowest BCUT2D eigenvalue weighted by atomic mass is 10.1. The highest BCUT2D eigenvalue weighted by molar-refractivity contribution is 9.10. The Morgan fingerprint density at radius 1 is 1.35 bits per heavy atom. The Morgan fingerprint density at radius 2 is 1.96 bits per heavy atom. The average molecular weight is 407 g/mol. The zero-order valence-corrected chi connectivity index (χ0v) is 16.9. The van der Waals surface area contributed by atoms with Crippen molar-refractivity contribution in [3.63, 3.8) is 0 Å². The number of carbonyl (C=O) groups is 1. The molecule has 0 unspecified atom stereocenters. The van der Waals surface area contributed by atoms with E-state index in [0.29, 0.717) is 18.2 Å². The summed E-state index contributed by atoms with van der Waals surface area (Å²) in [6, 6.07) is 1.85. The Bertz CT molecular complexity index is 553. The lowest BCUT2D eigenvalue weighted by Crippen LogP contribution is -2.49. The van der Waals surface area contributed by atoms with Gasteiger partial charge in [-0.05, 0) is 63.5 Å². The number of ether oxygens (including phenoxy) is 1. The molecule has 1 aromatic heterocycles. The highest BCUT2D eigenvalue weighted by Gasteiger charge is 2.30. The first-order valence-corrected chi connectivity index (χ1v) is 8.63. The molecule has 1 N–H and O–H groups in total. The van der Waals surface area contributed by atoms with Gasteiger partial charge in [0.2, 0.25) is 0 Å². The topological polar surface area (TPSA) is 54.5 Å². The summed E-state index contributed by atoms with van der Waals surface area (Å²) in [5.74, 6) is 0. The van der Waals surface area contributed by atoms with Crippen LogP contribution in [0.15, 0.2) is 16.7 Å². The van der Waals surface area contributed by atoms with Crippen molar-refractivity contribution in [1.82, 2.24) is 9.88 Å². The van der Waals surface area contributed by atoms with Gasteiger partial charge in [-0.2, -0.15) is 0 Å². The second-order valence-corrected chi connectivity index (χ2v) is 8.50. The summed E-state index contributed by atoms with van der Waals surface area (Å²) < 4.78 is 6.32. The van der Waals surface area contributed by atoms with Crippen LogP contribution in [0.5, 0.6) is 0 Å². The van der Waals surface area contributed by atoms with Crippen LogP contribution in [0.3, 0.4) is 0 Å². The average Bonchev–Trinajstić information content (AvgIpc) is 2.34. The molecule has 0 saturated heterocycles. The van der Waals surface area contributed by atoms with E-state index < -0.39 is 5.60 Å². The molecule has 0 bridgehead atoms. The summed E-state index contributed by atoms with van der Waals surface area (Å²) in [7, 11) is 0. The summed E-state index contributed by atoms with van der Waals surface area (Å²) in [5, 5.41) is 3.60. The van der Waals surface area contributed by atoms with E-state index >= 15 is 0 Å². The van der Waals surface area contributed by atoms with Gasteiger partial charge in [-0.1, -0.05) is 11.6 Å². The standard InChI is InChI=1S/C16H25BrClN3O2/c1-15(2,3)21(14(22)23-16(4,5)6)8-7-19-12-9-11(17)10-20-13(12)18/h9-10,19H,7-8H2,1-6H3. The van der Waals surface area contributed by atoms with Crippen LogP contribution in [0.1, 0.15) is 41.5 Å². The highest BCUT2D eigenvalue weighted by atomic mass is 79.9. The summed E-state index contributed by atoms with van der Waals surface area (Å²) in [5.41, 5.74) is -0.145. The number of hydrogen-bond donors (Lipinski definition) is 1. The van der Waals surface area contributed by atoms with Crippen LogP contribution in [0, 0.1) is 0 Å². The van der Waals surface area contributed by atoms with Crippen molar-refractivity contribution in [2.24, 2.45) is 0 Å². The highest BCUT2D eigenvalue weighted by Crippen LogP contribution is 2.23. The molecular weight excluding hydrogens is 382 g/mol. The smallest absolute Gasteiger partial charge is 0.410 e. The van der Waals surface area contributed by atoms with Crippen molar-refractivity contribution in [3.8, 4) is 0 Å². The number of carbonyl (C=O) groups excluding carboxylic acids is 1. The van der Waals surface area contributed by atoms with Crippen molar-refractivity contribution < 1.29 is 9.53 Å². The first-order valence-electron chi connectivity index (χ1n) is 7.46. The Balaban J connectivity index is 2.72. The van der Waals surface area contributed by atoms with E-state index in [9.17, 15) is 4.79 Å². The number of hydrogen-bond acceptors (Lipinski definition) is 4. The van der Waals surface area contributed by atoms with Crippen LogP contribution >= 0.6 is 27.5 Å². The Labute approximate surface area is 151 Å². The van der Waals surface area contributed by atoms with Gasteiger partial charge in [0, 0.05) is 29.3 Å². The quantitative estimate of drug-likeness (QED) is 0.719. The van der Waals surface area contributed by atoms with Crippen molar-refractivity contribution in [2.75, 3.05) is 18.4 Å². The minimum atomic E-state index is -0.522. The number of nitrogens with one attached hydrogen (secondary N) is 1. The molecule has 0 aliphatic rings. The van der Waals surface area contributed by atoms with Gasteiger partial charge in [0.05, 0.1) is 5.69 Å². The Morgan fingerprint density at radius 3 is 2.48 bits per heavy atom. The second-order valence-electron chi connectivity index (χ2n) is 7.22. The molecule has 5 nitrogen and oxygen atoms in total. The van der Waals surface area contributed by atoms with Gasteiger partial charge in [-0.25, -0.2) is 9.78 Å². The molecule has 1 aromatic rings. The molecule has 0 fully saturated rings. The molecular formula is C16H25BrClN3O2. The van der Waals surface area contributed by atoms with E-state index in [1.807, 2.05) is 47.6 Å². The SMILES string of the molecule is CC(C)(C)OC(=O)N(CCNc1cc(Br)cnc1Cl)C(C)(C)C. The number of nitrogens with zero attached hydrogens (tertiary/aromatic N) is 2. The number of anilines is 1. The van der Waals surface area contributed by atoms with Gasteiger partial charge in [0.15, 0.2) is 5.15 Å². The Kier molecular flexibility index (Phi) is 6.71. The molecule has 23 heavy (non-hydrogen) atoms. The molecule has 130 valence electrons. The van der Waals surface area contributed by atoms with Crippen molar-refractivity contribution in [2.45, 2.75) is 52.7 Å². The van der Waals surface area contributed by atoms with Crippen LogP contribution < -0.4 is 5.32 Å². The first-order chi connectivity index (χ1) is 10.4. The molecule has 0 saturated carbocycles. The fraction of sp³-hybridized carbons (Fsp3) is 0.625. The van der Waals surface area contributed by atoms with E-state index in [4.69, 9.17) is 16.3 Å². The molecule has 1 amide bonds. The maximum Gasteiger partial charge on any atom is 0.410 e. The minimum Gasteiger partial charge on any atom is -0.444 e. The molecule has 0 spiro atoms. The second kappa shape index (κ2) is 7.71. The van der Waals surface area contributed by atoms with E-state index in [2.05, 4.69) is 26.2 Å². The number of pyridine rings is 1. The van der Waals surface area contributed by atoms with Gasteiger partial charge < -0.3 is 15.0 Å². The summed E-state index contributed by atoms with van der Waals surface area (Å²) in [4.78, 5) is 18.2. The number of rotatable bonds is 4. The van der Waals surface area contributed by atoms with Crippen molar-refractivity contribution >= 4 is 39.3 Å². The third-order valence-electron chi connectivity index (χ3n) is 2.88.